The predicted molar refractivity (Wildman–Crippen MR) is 55.8 cm³/mol. The summed E-state index contributed by atoms with van der Waals surface area (Å²) < 4.78 is 4.66. The van der Waals surface area contributed by atoms with Gasteiger partial charge in [-0.25, -0.2) is 0 Å². The molecule has 74 valence electrons. The Bertz CT molecular complexity index is 369. The molecule has 3 nitrogen and oxygen atoms in total. The van der Waals surface area contributed by atoms with Gasteiger partial charge in [-0.1, -0.05) is 43.3 Å². The summed E-state index contributed by atoms with van der Waals surface area (Å²) in [5.74, 6) is 0.646. The van der Waals surface area contributed by atoms with E-state index in [4.69, 9.17) is 0 Å². The maximum absolute atomic E-state index is 4.66. The molecular formula is C11H14N2O. The lowest BCUT2D eigenvalue weighted by Crippen LogP contribution is -1.83. The fourth-order valence-corrected chi connectivity index (χ4v) is 1.11. The minimum Gasteiger partial charge on any atom is -0.342 e. The molecule has 2 aromatic rings. The van der Waals surface area contributed by atoms with Crippen molar-refractivity contribution in [3.05, 3.63) is 36.2 Å². The minimum absolute atomic E-state index is 0.646. The van der Waals surface area contributed by atoms with Crippen molar-refractivity contribution in [3.8, 4) is 11.4 Å². The highest BCUT2D eigenvalue weighted by Gasteiger charge is 2.03. The van der Waals surface area contributed by atoms with Crippen LogP contribution in [-0.2, 0) is 0 Å². The van der Waals surface area contributed by atoms with E-state index in [1.165, 1.54) is 6.39 Å². The van der Waals surface area contributed by atoms with Crippen LogP contribution in [-0.4, -0.2) is 10.1 Å². The highest BCUT2D eigenvalue weighted by Crippen LogP contribution is 2.17. The summed E-state index contributed by atoms with van der Waals surface area (Å²) in [7, 11) is 0. The predicted octanol–water partition coefficient (Wildman–Crippen LogP) is 3.07. The largest absolute Gasteiger partial charge is 0.342 e. The molecule has 2 rings (SSSR count). The molecule has 0 saturated heterocycles. The first-order valence-corrected chi connectivity index (χ1v) is 4.70. The molecule has 3 heteroatoms. The maximum Gasteiger partial charge on any atom is 0.214 e. The molecule has 1 aromatic carbocycles. The van der Waals surface area contributed by atoms with Gasteiger partial charge in [-0.3, -0.25) is 0 Å². The average molecular weight is 190 g/mol. The summed E-state index contributed by atoms with van der Waals surface area (Å²) in [6.45, 7) is 6.02. The Morgan fingerprint density at radius 1 is 1.14 bits per heavy atom. The van der Waals surface area contributed by atoms with Crippen LogP contribution >= 0.6 is 0 Å². The monoisotopic (exact) mass is 190 g/mol. The molecule has 1 heterocycles. The Labute approximate surface area is 83.8 Å². The number of benzene rings is 1. The van der Waals surface area contributed by atoms with Gasteiger partial charge >= 0.3 is 0 Å². The molecule has 0 N–H and O–H groups in total. The Morgan fingerprint density at radius 2 is 1.86 bits per heavy atom. The van der Waals surface area contributed by atoms with E-state index in [9.17, 15) is 0 Å². The van der Waals surface area contributed by atoms with Crippen LogP contribution in [0.15, 0.2) is 35.2 Å². The van der Waals surface area contributed by atoms with Crippen LogP contribution in [0.3, 0.4) is 0 Å². The van der Waals surface area contributed by atoms with E-state index in [2.05, 4.69) is 14.7 Å². The topological polar surface area (TPSA) is 38.9 Å². The first-order chi connectivity index (χ1) is 6.88. The Morgan fingerprint density at radius 3 is 2.43 bits per heavy atom. The van der Waals surface area contributed by atoms with Gasteiger partial charge in [-0.15, -0.1) is 0 Å². The van der Waals surface area contributed by atoms with Gasteiger partial charge in [0.25, 0.3) is 0 Å². The zero-order valence-electron chi connectivity index (χ0n) is 8.69. The Balaban J connectivity index is 0.000000461. The van der Waals surface area contributed by atoms with Crippen molar-refractivity contribution in [2.45, 2.75) is 20.8 Å². The van der Waals surface area contributed by atoms with Crippen molar-refractivity contribution in [2.75, 3.05) is 0 Å². The van der Waals surface area contributed by atoms with Gasteiger partial charge in [-0.05, 0) is 12.5 Å². The van der Waals surface area contributed by atoms with E-state index in [1.807, 2.05) is 45.0 Å². The summed E-state index contributed by atoms with van der Waals surface area (Å²) in [6, 6.07) is 7.93. The lowest BCUT2D eigenvalue weighted by Gasteiger charge is -1.97. The van der Waals surface area contributed by atoms with Gasteiger partial charge in [0.2, 0.25) is 12.2 Å². The molecule has 14 heavy (non-hydrogen) atoms. The lowest BCUT2D eigenvalue weighted by atomic mass is 10.1. The normalized spacial score (nSPS) is 9.07. The van der Waals surface area contributed by atoms with Crippen molar-refractivity contribution in [3.63, 3.8) is 0 Å². The number of aryl methyl sites for hydroxylation is 1. The minimum atomic E-state index is 0.646. The highest BCUT2D eigenvalue weighted by molar-refractivity contribution is 5.58. The molecular weight excluding hydrogens is 176 g/mol. The molecule has 0 amide bonds. The molecule has 0 aliphatic rings. The van der Waals surface area contributed by atoms with Crippen LogP contribution in [0.1, 0.15) is 19.4 Å². The number of hydrogen-bond acceptors (Lipinski definition) is 3. The standard InChI is InChI=1S/C9H8N2O.C2H6/c1-7-4-2-3-5-8(7)9-10-6-12-11-9;1-2/h2-6H,1H3;1-2H3. The van der Waals surface area contributed by atoms with Crippen molar-refractivity contribution < 1.29 is 4.52 Å². The quantitative estimate of drug-likeness (QED) is 0.693. The van der Waals surface area contributed by atoms with E-state index in [0.29, 0.717) is 5.82 Å². The van der Waals surface area contributed by atoms with Crippen LogP contribution in [0.5, 0.6) is 0 Å². The van der Waals surface area contributed by atoms with Crippen molar-refractivity contribution in [2.24, 2.45) is 0 Å². The molecule has 1 aromatic heterocycles. The second-order valence-electron chi connectivity index (χ2n) is 2.57. The van der Waals surface area contributed by atoms with Crippen molar-refractivity contribution in [1.29, 1.82) is 0 Å². The van der Waals surface area contributed by atoms with E-state index in [1.54, 1.807) is 0 Å². The summed E-state index contributed by atoms with van der Waals surface area (Å²) in [6.07, 6.45) is 1.34. The highest BCUT2D eigenvalue weighted by atomic mass is 16.5. The summed E-state index contributed by atoms with van der Waals surface area (Å²) in [5, 5.41) is 3.76. The van der Waals surface area contributed by atoms with Crippen LogP contribution in [0.4, 0.5) is 0 Å². The zero-order valence-corrected chi connectivity index (χ0v) is 8.69. The number of nitrogens with zero attached hydrogens (tertiary/aromatic N) is 2. The van der Waals surface area contributed by atoms with Crippen molar-refractivity contribution in [1.82, 2.24) is 10.1 Å². The van der Waals surface area contributed by atoms with E-state index in [-0.39, 0.29) is 0 Å². The smallest absolute Gasteiger partial charge is 0.214 e. The third kappa shape index (κ3) is 2.19. The van der Waals surface area contributed by atoms with Crippen LogP contribution in [0, 0.1) is 6.92 Å². The Hall–Kier alpha value is -1.64. The molecule has 0 bridgehead atoms. The van der Waals surface area contributed by atoms with Gasteiger partial charge in [0.05, 0.1) is 0 Å². The van der Waals surface area contributed by atoms with Gasteiger partial charge in [0.15, 0.2) is 0 Å². The SMILES string of the molecule is CC.Cc1ccccc1-c1ncon1. The molecule has 0 fully saturated rings. The molecule has 0 spiro atoms. The van der Waals surface area contributed by atoms with E-state index < -0.39 is 0 Å². The third-order valence-corrected chi connectivity index (χ3v) is 1.75. The van der Waals surface area contributed by atoms with Gasteiger partial charge in [0, 0.05) is 5.56 Å². The Kier molecular flexibility index (Phi) is 3.85. The summed E-state index contributed by atoms with van der Waals surface area (Å²) >= 11 is 0. The van der Waals surface area contributed by atoms with Crippen LogP contribution in [0.2, 0.25) is 0 Å². The number of aromatic nitrogens is 2. The second kappa shape index (κ2) is 5.17. The molecule has 0 radical (unpaired) electrons. The first-order valence-electron chi connectivity index (χ1n) is 4.70. The van der Waals surface area contributed by atoms with E-state index in [0.717, 1.165) is 11.1 Å². The second-order valence-corrected chi connectivity index (χ2v) is 2.57. The van der Waals surface area contributed by atoms with Crippen molar-refractivity contribution >= 4 is 0 Å². The fraction of sp³-hybridized carbons (Fsp3) is 0.273. The van der Waals surface area contributed by atoms with E-state index >= 15 is 0 Å². The fourth-order valence-electron chi connectivity index (χ4n) is 1.11. The third-order valence-electron chi connectivity index (χ3n) is 1.75. The maximum atomic E-state index is 4.66. The van der Waals surface area contributed by atoms with Gasteiger partial charge in [0.1, 0.15) is 0 Å². The van der Waals surface area contributed by atoms with Crippen LogP contribution in [0.25, 0.3) is 11.4 Å². The summed E-state index contributed by atoms with van der Waals surface area (Å²) in [4.78, 5) is 3.97. The average Bonchev–Trinajstić information content (AvgIpc) is 2.75. The van der Waals surface area contributed by atoms with Gasteiger partial charge < -0.3 is 4.52 Å². The zero-order chi connectivity index (χ0) is 10.4. The van der Waals surface area contributed by atoms with Gasteiger partial charge in [-0.2, -0.15) is 4.98 Å². The molecule has 0 saturated carbocycles. The number of rotatable bonds is 1. The molecule has 0 unspecified atom stereocenters. The van der Waals surface area contributed by atoms with Crippen LogP contribution < -0.4 is 0 Å². The molecule has 0 aliphatic carbocycles. The molecule has 0 atom stereocenters. The summed E-state index contributed by atoms with van der Waals surface area (Å²) in [5.41, 5.74) is 2.17. The first kappa shape index (κ1) is 10.4. The lowest BCUT2D eigenvalue weighted by molar-refractivity contribution is 0.418. The number of hydrogen-bond donors (Lipinski definition) is 0. The molecule has 0 aliphatic heterocycles.